The predicted molar refractivity (Wildman–Crippen MR) is 96.7 cm³/mol. The minimum Gasteiger partial charge on any atom is -0.421 e. The molecule has 9 heteroatoms. The van der Waals surface area contributed by atoms with Crippen LogP contribution in [0, 0.1) is 0 Å². The lowest BCUT2D eigenvalue weighted by molar-refractivity contribution is -0.131. The summed E-state index contributed by atoms with van der Waals surface area (Å²) in [6, 6.07) is 5.40. The molecule has 3 aromatic rings. The topological polar surface area (TPSA) is 101 Å². The van der Waals surface area contributed by atoms with E-state index in [1.54, 1.807) is 43.0 Å². The summed E-state index contributed by atoms with van der Waals surface area (Å²) < 4.78 is 5.64. The Bertz CT molecular complexity index is 877. The van der Waals surface area contributed by atoms with Gasteiger partial charge in [-0.05, 0) is 18.2 Å². The van der Waals surface area contributed by atoms with Gasteiger partial charge in [-0.2, -0.15) is 0 Å². The van der Waals surface area contributed by atoms with Crippen LogP contribution >= 0.6 is 0 Å². The molecule has 1 aliphatic rings. The van der Waals surface area contributed by atoms with Crippen molar-refractivity contribution in [3.8, 4) is 11.5 Å². The Morgan fingerprint density at radius 2 is 1.74 bits per heavy atom. The smallest absolute Gasteiger partial charge is 0.247 e. The molecule has 0 unspecified atom stereocenters. The minimum absolute atomic E-state index is 0.0901. The molecular weight excluding hydrogens is 346 g/mol. The molecule has 1 aliphatic heterocycles. The Morgan fingerprint density at radius 3 is 2.48 bits per heavy atom. The fraction of sp³-hybridized carbons (Fsp3) is 0.333. The fourth-order valence-corrected chi connectivity index (χ4v) is 2.95. The van der Waals surface area contributed by atoms with Gasteiger partial charge in [-0.25, -0.2) is 9.97 Å². The molecular formula is C18H19N7O2. The zero-order chi connectivity index (χ0) is 18.5. The number of rotatable bonds is 5. The second-order valence-corrected chi connectivity index (χ2v) is 6.15. The van der Waals surface area contributed by atoms with Crippen molar-refractivity contribution in [2.45, 2.75) is 12.8 Å². The average molecular weight is 365 g/mol. The number of pyridine rings is 1. The highest BCUT2D eigenvalue weighted by Gasteiger charge is 2.22. The fourth-order valence-electron chi connectivity index (χ4n) is 2.95. The maximum atomic E-state index is 12.5. The number of hydrogen-bond donors (Lipinski definition) is 0. The molecule has 138 valence electrons. The number of carbonyl (C=O) groups excluding carboxylic acids is 1. The Balaban J connectivity index is 1.27. The van der Waals surface area contributed by atoms with Crippen molar-refractivity contribution >= 4 is 11.9 Å². The van der Waals surface area contributed by atoms with Gasteiger partial charge in [0, 0.05) is 69.4 Å². The number of carbonyl (C=O) groups is 1. The molecule has 1 fully saturated rings. The van der Waals surface area contributed by atoms with Crippen LogP contribution in [0.15, 0.2) is 47.4 Å². The molecule has 27 heavy (non-hydrogen) atoms. The van der Waals surface area contributed by atoms with Crippen LogP contribution in [0.4, 0.5) is 5.95 Å². The van der Waals surface area contributed by atoms with Crippen molar-refractivity contribution in [3.05, 3.63) is 48.9 Å². The quantitative estimate of drug-likeness (QED) is 0.665. The maximum Gasteiger partial charge on any atom is 0.247 e. The molecule has 0 spiro atoms. The van der Waals surface area contributed by atoms with Crippen molar-refractivity contribution in [1.29, 1.82) is 0 Å². The van der Waals surface area contributed by atoms with E-state index in [1.807, 2.05) is 4.90 Å². The summed E-state index contributed by atoms with van der Waals surface area (Å²) in [5, 5.41) is 8.06. The summed E-state index contributed by atoms with van der Waals surface area (Å²) in [7, 11) is 0. The number of piperazine rings is 1. The van der Waals surface area contributed by atoms with Crippen LogP contribution in [0.5, 0.6) is 0 Å². The Hall–Kier alpha value is -3.36. The zero-order valence-corrected chi connectivity index (χ0v) is 14.7. The molecule has 0 aliphatic carbocycles. The third-order valence-corrected chi connectivity index (χ3v) is 4.41. The van der Waals surface area contributed by atoms with Gasteiger partial charge in [-0.15, -0.1) is 10.2 Å². The summed E-state index contributed by atoms with van der Waals surface area (Å²) in [4.78, 5) is 28.9. The van der Waals surface area contributed by atoms with Crippen LogP contribution in [0.2, 0.25) is 0 Å². The van der Waals surface area contributed by atoms with E-state index in [0.717, 1.165) is 18.7 Å². The van der Waals surface area contributed by atoms with E-state index in [1.165, 1.54) is 0 Å². The van der Waals surface area contributed by atoms with Gasteiger partial charge < -0.3 is 14.2 Å². The predicted octanol–water partition coefficient (Wildman–Crippen LogP) is 1.20. The molecule has 9 nitrogen and oxygen atoms in total. The highest BCUT2D eigenvalue weighted by Crippen LogP contribution is 2.17. The van der Waals surface area contributed by atoms with Crippen LogP contribution in [0.25, 0.3) is 11.5 Å². The lowest BCUT2D eigenvalue weighted by Gasteiger charge is -2.34. The minimum atomic E-state index is 0.0901. The van der Waals surface area contributed by atoms with Gasteiger partial charge in [0.05, 0.1) is 0 Å². The molecule has 0 saturated carbocycles. The van der Waals surface area contributed by atoms with Crippen molar-refractivity contribution < 1.29 is 9.21 Å². The summed E-state index contributed by atoms with van der Waals surface area (Å²) >= 11 is 0. The first-order valence-corrected chi connectivity index (χ1v) is 8.82. The van der Waals surface area contributed by atoms with E-state index in [9.17, 15) is 4.79 Å². The first-order chi connectivity index (χ1) is 13.3. The van der Waals surface area contributed by atoms with Crippen LogP contribution in [0.1, 0.15) is 12.3 Å². The lowest BCUT2D eigenvalue weighted by Crippen LogP contribution is -2.49. The summed E-state index contributed by atoms with van der Waals surface area (Å²) in [6.45, 7) is 2.76. The zero-order valence-electron chi connectivity index (χ0n) is 14.7. The normalized spacial score (nSPS) is 14.4. The van der Waals surface area contributed by atoms with E-state index < -0.39 is 0 Å². The molecule has 0 aromatic carbocycles. The van der Waals surface area contributed by atoms with E-state index in [0.29, 0.717) is 43.7 Å². The SMILES string of the molecule is O=C(CCc1nnc(-c2ccncc2)o1)N1CCN(c2ncccn2)CC1. The summed E-state index contributed by atoms with van der Waals surface area (Å²) in [5.41, 5.74) is 0.814. The van der Waals surface area contributed by atoms with E-state index in [-0.39, 0.29) is 5.91 Å². The Kier molecular flexibility index (Phi) is 4.99. The van der Waals surface area contributed by atoms with Gasteiger partial charge in [0.2, 0.25) is 23.6 Å². The first kappa shape index (κ1) is 17.1. The van der Waals surface area contributed by atoms with Gasteiger partial charge in [0.15, 0.2) is 0 Å². The number of anilines is 1. The maximum absolute atomic E-state index is 12.5. The molecule has 4 rings (SSSR count). The number of aromatic nitrogens is 5. The van der Waals surface area contributed by atoms with Gasteiger partial charge in [0.25, 0.3) is 0 Å². The lowest BCUT2D eigenvalue weighted by atomic mass is 10.2. The van der Waals surface area contributed by atoms with Crippen molar-refractivity contribution in [2.75, 3.05) is 31.1 Å². The molecule has 0 radical (unpaired) electrons. The third-order valence-electron chi connectivity index (χ3n) is 4.41. The van der Waals surface area contributed by atoms with Crippen molar-refractivity contribution in [1.82, 2.24) is 30.0 Å². The summed E-state index contributed by atoms with van der Waals surface area (Å²) in [5.74, 6) is 1.70. The van der Waals surface area contributed by atoms with Crippen LogP contribution in [-0.2, 0) is 11.2 Å². The largest absolute Gasteiger partial charge is 0.421 e. The third kappa shape index (κ3) is 4.08. The van der Waals surface area contributed by atoms with E-state index in [2.05, 4.69) is 30.0 Å². The standard InChI is InChI=1S/C18H19N7O2/c26-16(24-10-12-25(13-11-24)18-20-6-1-7-21-18)3-2-15-22-23-17(27-15)14-4-8-19-9-5-14/h1,4-9H,2-3,10-13H2. The van der Waals surface area contributed by atoms with Crippen molar-refractivity contribution in [2.24, 2.45) is 0 Å². The molecule has 1 saturated heterocycles. The van der Waals surface area contributed by atoms with Crippen LogP contribution in [-0.4, -0.2) is 62.1 Å². The van der Waals surface area contributed by atoms with E-state index in [4.69, 9.17) is 4.42 Å². The average Bonchev–Trinajstić information content (AvgIpc) is 3.22. The number of aryl methyl sites for hydroxylation is 1. The number of nitrogens with zero attached hydrogens (tertiary/aromatic N) is 7. The second-order valence-electron chi connectivity index (χ2n) is 6.15. The summed E-state index contributed by atoms with van der Waals surface area (Å²) in [6.07, 6.45) is 7.57. The first-order valence-electron chi connectivity index (χ1n) is 8.82. The Morgan fingerprint density at radius 1 is 1.00 bits per heavy atom. The molecule has 0 atom stereocenters. The molecule has 0 bridgehead atoms. The van der Waals surface area contributed by atoms with Gasteiger partial charge >= 0.3 is 0 Å². The van der Waals surface area contributed by atoms with Crippen LogP contribution in [0.3, 0.4) is 0 Å². The number of hydrogen-bond acceptors (Lipinski definition) is 8. The number of amides is 1. The monoisotopic (exact) mass is 365 g/mol. The van der Waals surface area contributed by atoms with Gasteiger partial charge in [-0.1, -0.05) is 0 Å². The molecule has 0 N–H and O–H groups in total. The van der Waals surface area contributed by atoms with Gasteiger partial charge in [-0.3, -0.25) is 9.78 Å². The molecule has 3 aromatic heterocycles. The Labute approximate surface area is 156 Å². The highest BCUT2D eigenvalue weighted by atomic mass is 16.4. The van der Waals surface area contributed by atoms with Crippen molar-refractivity contribution in [3.63, 3.8) is 0 Å². The van der Waals surface area contributed by atoms with E-state index >= 15 is 0 Å². The van der Waals surface area contributed by atoms with Gasteiger partial charge in [0.1, 0.15) is 0 Å². The van der Waals surface area contributed by atoms with Crippen LogP contribution < -0.4 is 4.90 Å². The molecule has 1 amide bonds. The second kappa shape index (κ2) is 7.90. The molecule has 4 heterocycles. The highest BCUT2D eigenvalue weighted by molar-refractivity contribution is 5.76.